The van der Waals surface area contributed by atoms with Crippen LogP contribution in [0, 0.1) is 31.1 Å². The lowest BCUT2D eigenvalue weighted by Crippen LogP contribution is -2.22. The van der Waals surface area contributed by atoms with E-state index in [1.165, 1.54) is 11.3 Å². The first-order valence-electron chi connectivity index (χ1n) is 6.13. The smallest absolute Gasteiger partial charge is 0.197 e. The van der Waals surface area contributed by atoms with E-state index in [0.717, 1.165) is 11.1 Å². The van der Waals surface area contributed by atoms with Crippen molar-refractivity contribution in [3.05, 3.63) is 57.3 Å². The summed E-state index contributed by atoms with van der Waals surface area (Å²) in [4.78, 5) is 25.0. The summed E-state index contributed by atoms with van der Waals surface area (Å²) in [5, 5.41) is 10.9. The molecule has 0 bridgehead atoms. The number of hydrogen-bond donors (Lipinski definition) is 0. The maximum atomic E-state index is 12.4. The van der Waals surface area contributed by atoms with Crippen LogP contribution in [0.4, 0.5) is 0 Å². The lowest BCUT2D eigenvalue weighted by atomic mass is 9.92. The van der Waals surface area contributed by atoms with Crippen molar-refractivity contribution in [3.63, 3.8) is 0 Å². The lowest BCUT2D eigenvalue weighted by molar-refractivity contribution is 0.0848. The number of Topliss-reactive ketones (excluding diaryl/α,β-unsaturated/α-hetero) is 2. The Kier molecular flexibility index (Phi) is 4.11. The van der Waals surface area contributed by atoms with Crippen LogP contribution in [0.5, 0.6) is 0 Å². The number of aryl methyl sites for hydroxylation is 2. The summed E-state index contributed by atoms with van der Waals surface area (Å²) < 4.78 is 0. The number of carbonyl (C=O) groups excluding carboxylic acids is 2. The van der Waals surface area contributed by atoms with Gasteiger partial charge >= 0.3 is 0 Å². The van der Waals surface area contributed by atoms with Gasteiger partial charge in [0.05, 0.1) is 10.9 Å². The van der Waals surface area contributed by atoms with E-state index in [0.29, 0.717) is 10.4 Å². The van der Waals surface area contributed by atoms with Crippen LogP contribution in [0.3, 0.4) is 0 Å². The molecule has 2 aromatic rings. The van der Waals surface area contributed by atoms with Gasteiger partial charge in [0.15, 0.2) is 17.5 Å². The molecule has 0 radical (unpaired) electrons. The number of carbonyl (C=O) groups is 2. The molecule has 0 aliphatic heterocycles. The van der Waals surface area contributed by atoms with Crippen LogP contribution < -0.4 is 0 Å². The number of ketones is 2. The van der Waals surface area contributed by atoms with Gasteiger partial charge in [-0.05, 0) is 37.4 Å². The highest BCUT2D eigenvalue weighted by Crippen LogP contribution is 2.19. The Hall–Kier alpha value is -2.25. The molecule has 0 N–H and O–H groups in total. The van der Waals surface area contributed by atoms with Gasteiger partial charge in [0.2, 0.25) is 0 Å². The third-order valence-electron chi connectivity index (χ3n) is 2.92. The first-order chi connectivity index (χ1) is 9.52. The summed E-state index contributed by atoms with van der Waals surface area (Å²) in [6.45, 7) is 3.76. The standard InChI is InChI=1S/C16H13NO2S/c1-10-6-11(2)8-12(7-10)15(18)13(9-17)16(19)14-4-3-5-20-14/h3-8,13H,1-2H3. The van der Waals surface area contributed by atoms with Gasteiger partial charge in [0, 0.05) is 5.56 Å². The van der Waals surface area contributed by atoms with Crippen LogP contribution in [0.15, 0.2) is 35.7 Å². The number of benzene rings is 1. The first kappa shape index (κ1) is 14.2. The zero-order valence-corrected chi connectivity index (χ0v) is 12.0. The molecule has 4 heteroatoms. The highest BCUT2D eigenvalue weighted by atomic mass is 32.1. The molecule has 1 atom stereocenters. The minimum atomic E-state index is -1.27. The van der Waals surface area contributed by atoms with Crippen LogP contribution >= 0.6 is 11.3 Å². The Morgan fingerprint density at radius 2 is 1.80 bits per heavy atom. The highest BCUT2D eigenvalue weighted by molar-refractivity contribution is 7.12. The molecule has 20 heavy (non-hydrogen) atoms. The SMILES string of the molecule is Cc1cc(C)cc(C(=O)C(C#N)C(=O)c2cccs2)c1. The Balaban J connectivity index is 2.35. The van der Waals surface area contributed by atoms with Crippen molar-refractivity contribution in [2.45, 2.75) is 13.8 Å². The molecule has 1 aromatic heterocycles. The van der Waals surface area contributed by atoms with Crippen molar-refractivity contribution in [1.82, 2.24) is 0 Å². The van der Waals surface area contributed by atoms with E-state index >= 15 is 0 Å². The zero-order valence-electron chi connectivity index (χ0n) is 11.2. The molecule has 0 saturated heterocycles. The predicted octanol–water partition coefficient (Wildman–Crippen LogP) is 3.57. The summed E-state index contributed by atoms with van der Waals surface area (Å²) in [6, 6.07) is 10.6. The topological polar surface area (TPSA) is 57.9 Å². The van der Waals surface area contributed by atoms with Gasteiger partial charge in [-0.25, -0.2) is 0 Å². The fourth-order valence-electron chi connectivity index (χ4n) is 2.08. The van der Waals surface area contributed by atoms with E-state index in [2.05, 4.69) is 0 Å². The Labute approximate surface area is 121 Å². The molecule has 2 rings (SSSR count). The second-order valence-corrected chi connectivity index (χ2v) is 5.59. The average molecular weight is 283 g/mol. The summed E-state index contributed by atoms with van der Waals surface area (Å²) in [6.07, 6.45) is 0. The molecular formula is C16H13NO2S. The van der Waals surface area contributed by atoms with Crippen molar-refractivity contribution >= 4 is 22.9 Å². The van der Waals surface area contributed by atoms with Crippen LogP contribution in [-0.4, -0.2) is 11.6 Å². The van der Waals surface area contributed by atoms with Crippen LogP contribution in [0.1, 0.15) is 31.2 Å². The number of rotatable bonds is 4. The van der Waals surface area contributed by atoms with E-state index < -0.39 is 17.5 Å². The van der Waals surface area contributed by atoms with Gasteiger partial charge in [-0.1, -0.05) is 23.3 Å². The summed E-state index contributed by atoms with van der Waals surface area (Å²) in [5.74, 6) is -2.13. The molecule has 0 aliphatic carbocycles. The van der Waals surface area contributed by atoms with Gasteiger partial charge in [-0.2, -0.15) is 5.26 Å². The Bertz CT molecular complexity index is 676. The number of hydrogen-bond acceptors (Lipinski definition) is 4. The molecule has 0 amide bonds. The monoisotopic (exact) mass is 283 g/mol. The molecular weight excluding hydrogens is 270 g/mol. The molecule has 0 saturated carbocycles. The van der Waals surface area contributed by atoms with Crippen LogP contribution in [0.2, 0.25) is 0 Å². The fraction of sp³-hybridized carbons (Fsp3) is 0.188. The number of thiophene rings is 1. The molecule has 1 heterocycles. The first-order valence-corrected chi connectivity index (χ1v) is 7.00. The highest BCUT2D eigenvalue weighted by Gasteiger charge is 2.29. The molecule has 0 spiro atoms. The van der Waals surface area contributed by atoms with E-state index in [1.54, 1.807) is 29.6 Å². The molecule has 1 unspecified atom stereocenters. The second-order valence-electron chi connectivity index (χ2n) is 4.64. The van der Waals surface area contributed by atoms with Gasteiger partial charge < -0.3 is 0 Å². The number of nitriles is 1. The molecule has 100 valence electrons. The molecule has 3 nitrogen and oxygen atoms in total. The van der Waals surface area contributed by atoms with Crippen molar-refractivity contribution in [2.75, 3.05) is 0 Å². The van der Waals surface area contributed by atoms with Crippen LogP contribution in [0.25, 0.3) is 0 Å². The Morgan fingerprint density at radius 3 is 2.30 bits per heavy atom. The maximum absolute atomic E-state index is 12.4. The third kappa shape index (κ3) is 2.84. The minimum Gasteiger partial charge on any atom is -0.292 e. The predicted molar refractivity (Wildman–Crippen MR) is 78.0 cm³/mol. The largest absolute Gasteiger partial charge is 0.292 e. The van der Waals surface area contributed by atoms with Crippen molar-refractivity contribution in [2.24, 2.45) is 5.92 Å². The summed E-state index contributed by atoms with van der Waals surface area (Å²) >= 11 is 1.24. The quantitative estimate of drug-likeness (QED) is 0.636. The van der Waals surface area contributed by atoms with E-state index in [4.69, 9.17) is 0 Å². The van der Waals surface area contributed by atoms with E-state index in [-0.39, 0.29) is 0 Å². The van der Waals surface area contributed by atoms with Gasteiger partial charge in [-0.3, -0.25) is 9.59 Å². The Morgan fingerprint density at radius 1 is 1.15 bits per heavy atom. The third-order valence-corrected chi connectivity index (χ3v) is 3.81. The number of nitrogens with zero attached hydrogens (tertiary/aromatic N) is 1. The van der Waals surface area contributed by atoms with Crippen molar-refractivity contribution in [1.29, 1.82) is 5.26 Å². The van der Waals surface area contributed by atoms with Gasteiger partial charge in [-0.15, -0.1) is 11.3 Å². The molecule has 0 fully saturated rings. The van der Waals surface area contributed by atoms with E-state index in [9.17, 15) is 14.9 Å². The van der Waals surface area contributed by atoms with Gasteiger partial charge in [0.25, 0.3) is 0 Å². The normalized spacial score (nSPS) is 11.7. The summed E-state index contributed by atoms with van der Waals surface area (Å²) in [5.41, 5.74) is 2.29. The summed E-state index contributed by atoms with van der Waals surface area (Å²) in [7, 11) is 0. The zero-order chi connectivity index (χ0) is 14.7. The molecule has 1 aromatic carbocycles. The maximum Gasteiger partial charge on any atom is 0.197 e. The van der Waals surface area contributed by atoms with E-state index in [1.807, 2.05) is 26.0 Å². The van der Waals surface area contributed by atoms with Crippen molar-refractivity contribution < 1.29 is 9.59 Å². The second kappa shape index (κ2) is 5.81. The van der Waals surface area contributed by atoms with Crippen LogP contribution in [-0.2, 0) is 0 Å². The fourth-order valence-corrected chi connectivity index (χ4v) is 2.78. The molecule has 0 aliphatic rings. The van der Waals surface area contributed by atoms with Gasteiger partial charge in [0.1, 0.15) is 0 Å². The van der Waals surface area contributed by atoms with Crippen molar-refractivity contribution in [3.8, 4) is 6.07 Å². The minimum absolute atomic E-state index is 0.416. The lowest BCUT2D eigenvalue weighted by Gasteiger charge is -2.08. The average Bonchev–Trinajstić information content (AvgIpc) is 2.92.